The second-order valence-corrected chi connectivity index (χ2v) is 6.38. The fourth-order valence-corrected chi connectivity index (χ4v) is 3.23. The highest BCUT2D eigenvalue weighted by atomic mass is 16.2. The van der Waals surface area contributed by atoms with Crippen LogP contribution in [0.5, 0.6) is 0 Å². The molecule has 0 saturated carbocycles. The summed E-state index contributed by atoms with van der Waals surface area (Å²) < 4.78 is 0. The zero-order valence-electron chi connectivity index (χ0n) is 15.5. The van der Waals surface area contributed by atoms with Gasteiger partial charge in [0.05, 0.1) is 11.7 Å². The summed E-state index contributed by atoms with van der Waals surface area (Å²) in [6, 6.07) is 7.60. The number of aromatic nitrogens is 1. The van der Waals surface area contributed by atoms with Crippen molar-refractivity contribution in [1.29, 1.82) is 0 Å². The molecule has 0 unspecified atom stereocenters. The van der Waals surface area contributed by atoms with Crippen LogP contribution in [-0.4, -0.2) is 27.6 Å². The molecule has 2 heterocycles. The van der Waals surface area contributed by atoms with Crippen LogP contribution in [0.1, 0.15) is 52.9 Å². The number of benzene rings is 1. The number of unbranched alkanes of at least 4 members (excludes halogenated alkanes) is 2. The van der Waals surface area contributed by atoms with E-state index in [0.717, 1.165) is 30.2 Å². The van der Waals surface area contributed by atoms with Gasteiger partial charge in [-0.1, -0.05) is 44.9 Å². The number of pyridine rings is 1. The van der Waals surface area contributed by atoms with Crippen LogP contribution in [0.25, 0.3) is 10.9 Å². The van der Waals surface area contributed by atoms with Crippen molar-refractivity contribution in [2.75, 3.05) is 5.01 Å². The van der Waals surface area contributed by atoms with E-state index in [1.54, 1.807) is 13.1 Å². The molecule has 136 valence electrons. The molecule has 3 rings (SSSR count). The molecule has 0 atom stereocenters. The number of fused-ring (bicyclic) bond motifs is 3. The minimum atomic E-state index is -0.214. The summed E-state index contributed by atoms with van der Waals surface area (Å²) in [5.74, 6) is 0.256. The van der Waals surface area contributed by atoms with E-state index < -0.39 is 0 Å². The highest BCUT2D eigenvalue weighted by molar-refractivity contribution is 6.15. The lowest BCUT2D eigenvalue weighted by Crippen LogP contribution is -2.54. The van der Waals surface area contributed by atoms with E-state index in [-0.39, 0.29) is 11.8 Å². The van der Waals surface area contributed by atoms with Crippen molar-refractivity contribution < 1.29 is 9.59 Å². The Kier molecular flexibility index (Phi) is 5.30. The van der Waals surface area contributed by atoms with Crippen molar-refractivity contribution in [1.82, 2.24) is 9.99 Å². The zero-order chi connectivity index (χ0) is 18.7. The van der Waals surface area contributed by atoms with Gasteiger partial charge in [-0.2, -0.15) is 5.01 Å². The molecule has 0 fully saturated rings. The molecule has 1 aromatic heterocycles. The van der Waals surface area contributed by atoms with E-state index in [0.29, 0.717) is 30.1 Å². The van der Waals surface area contributed by atoms with Gasteiger partial charge in [0, 0.05) is 25.2 Å². The Labute approximate surface area is 153 Å². The minimum absolute atomic E-state index is 0.138. The van der Waals surface area contributed by atoms with Gasteiger partial charge in [0.25, 0.3) is 0 Å². The third-order valence-corrected chi connectivity index (χ3v) is 4.47. The van der Waals surface area contributed by atoms with E-state index in [2.05, 4.69) is 11.9 Å². The molecule has 2 amide bonds. The van der Waals surface area contributed by atoms with Crippen molar-refractivity contribution in [3.8, 4) is 0 Å². The molecule has 26 heavy (non-hydrogen) atoms. The lowest BCUT2D eigenvalue weighted by molar-refractivity contribution is -0.131. The summed E-state index contributed by atoms with van der Waals surface area (Å²) in [7, 11) is 0. The predicted octanol–water partition coefficient (Wildman–Crippen LogP) is 4.37. The maximum Gasteiger partial charge on any atom is 0.246 e. The molecule has 1 aliphatic heterocycles. The smallest absolute Gasteiger partial charge is 0.246 e. The molecule has 2 aromatic rings. The number of hydrazine groups is 1. The number of aliphatic imine (C=N–C) groups is 1. The summed E-state index contributed by atoms with van der Waals surface area (Å²) in [4.78, 5) is 34.4. The van der Waals surface area contributed by atoms with Crippen LogP contribution in [0, 0.1) is 0 Å². The number of carbonyl (C=O) groups is 2. The second-order valence-electron chi connectivity index (χ2n) is 6.38. The number of amidine groups is 1. The first-order valence-corrected chi connectivity index (χ1v) is 9.17. The molecule has 0 aliphatic carbocycles. The third kappa shape index (κ3) is 3.19. The summed E-state index contributed by atoms with van der Waals surface area (Å²) >= 11 is 0. The first-order chi connectivity index (χ1) is 12.6. The fourth-order valence-electron chi connectivity index (χ4n) is 3.23. The minimum Gasteiger partial charge on any atom is -0.273 e. The van der Waals surface area contributed by atoms with Crippen LogP contribution >= 0.6 is 0 Å². The molecule has 0 spiro atoms. The van der Waals surface area contributed by atoms with Gasteiger partial charge in [-0.15, -0.1) is 0 Å². The summed E-state index contributed by atoms with van der Waals surface area (Å²) in [5, 5.41) is 3.75. The molecule has 6 heteroatoms. The van der Waals surface area contributed by atoms with Gasteiger partial charge in [0.15, 0.2) is 0 Å². The van der Waals surface area contributed by atoms with Crippen molar-refractivity contribution in [2.45, 2.75) is 52.9 Å². The first-order valence-electron chi connectivity index (χ1n) is 9.17. The van der Waals surface area contributed by atoms with Gasteiger partial charge in [-0.05, 0) is 12.5 Å². The highest BCUT2D eigenvalue weighted by Crippen LogP contribution is 2.40. The summed E-state index contributed by atoms with van der Waals surface area (Å²) in [6.45, 7) is 5.40. The van der Waals surface area contributed by atoms with Gasteiger partial charge in [-0.3, -0.25) is 14.6 Å². The van der Waals surface area contributed by atoms with Crippen molar-refractivity contribution in [3.05, 3.63) is 30.5 Å². The molecule has 0 saturated heterocycles. The first kappa shape index (κ1) is 18.0. The monoisotopic (exact) mass is 352 g/mol. The Morgan fingerprint density at radius 1 is 1.08 bits per heavy atom. The van der Waals surface area contributed by atoms with Crippen LogP contribution in [0.4, 0.5) is 11.4 Å². The number of carbonyl (C=O) groups excluding carboxylic acids is 2. The molecule has 1 aliphatic rings. The zero-order valence-corrected chi connectivity index (χ0v) is 15.5. The number of hydrogen-bond donors (Lipinski definition) is 0. The Morgan fingerprint density at radius 3 is 2.54 bits per heavy atom. The van der Waals surface area contributed by atoms with Crippen LogP contribution in [0.3, 0.4) is 0 Å². The lowest BCUT2D eigenvalue weighted by Gasteiger charge is -2.38. The van der Waals surface area contributed by atoms with E-state index in [1.807, 2.05) is 24.3 Å². The molecule has 6 nitrogen and oxygen atoms in total. The number of nitrogens with zero attached hydrogens (tertiary/aromatic N) is 4. The maximum atomic E-state index is 12.8. The number of para-hydroxylation sites is 1. The van der Waals surface area contributed by atoms with Crippen molar-refractivity contribution in [3.63, 3.8) is 0 Å². The summed E-state index contributed by atoms with van der Waals surface area (Å²) in [6.07, 6.45) is 5.67. The van der Waals surface area contributed by atoms with Crippen LogP contribution in [0.2, 0.25) is 0 Å². The van der Waals surface area contributed by atoms with Gasteiger partial charge >= 0.3 is 0 Å². The molecular weight excluding hydrogens is 328 g/mol. The Morgan fingerprint density at radius 2 is 1.85 bits per heavy atom. The molecule has 0 radical (unpaired) electrons. The summed E-state index contributed by atoms with van der Waals surface area (Å²) in [5.41, 5.74) is 2.04. The lowest BCUT2D eigenvalue weighted by atomic mass is 10.1. The molecule has 0 N–H and O–H groups in total. The largest absolute Gasteiger partial charge is 0.273 e. The number of rotatable bonds is 5. The standard InChI is InChI=1S/C20H24N4O2/c1-4-6-7-12-18-22-17-13-21-16-11-9-8-10-15(16)20(17)24(19(26)5-2)23(18)14(3)25/h8-11,13H,4-7,12H2,1-3H3. The normalized spacial score (nSPS) is 13.6. The highest BCUT2D eigenvalue weighted by Gasteiger charge is 2.35. The Hall–Kier alpha value is -2.76. The fraction of sp³-hybridized carbons (Fsp3) is 0.400. The van der Waals surface area contributed by atoms with Gasteiger partial charge in [0.1, 0.15) is 17.2 Å². The third-order valence-electron chi connectivity index (χ3n) is 4.47. The topological polar surface area (TPSA) is 65.9 Å². The van der Waals surface area contributed by atoms with E-state index in [4.69, 9.17) is 4.99 Å². The van der Waals surface area contributed by atoms with E-state index in [1.165, 1.54) is 16.9 Å². The average Bonchev–Trinajstić information content (AvgIpc) is 2.66. The van der Waals surface area contributed by atoms with Crippen LogP contribution < -0.4 is 5.01 Å². The Balaban J connectivity index is 2.21. The van der Waals surface area contributed by atoms with Gasteiger partial charge in [0.2, 0.25) is 11.8 Å². The van der Waals surface area contributed by atoms with E-state index in [9.17, 15) is 9.59 Å². The molecule has 1 aromatic carbocycles. The second kappa shape index (κ2) is 7.64. The van der Waals surface area contributed by atoms with Gasteiger partial charge < -0.3 is 0 Å². The number of amides is 2. The van der Waals surface area contributed by atoms with Crippen LogP contribution in [-0.2, 0) is 9.59 Å². The van der Waals surface area contributed by atoms with Crippen LogP contribution in [0.15, 0.2) is 35.5 Å². The average molecular weight is 352 g/mol. The van der Waals surface area contributed by atoms with Crippen molar-refractivity contribution in [2.24, 2.45) is 4.99 Å². The quantitative estimate of drug-likeness (QED) is 0.751. The number of anilines is 1. The van der Waals surface area contributed by atoms with E-state index >= 15 is 0 Å². The molecular formula is C20H24N4O2. The Bertz CT molecular complexity index is 875. The molecule has 0 bridgehead atoms. The predicted molar refractivity (Wildman–Crippen MR) is 103 cm³/mol. The SMILES string of the molecule is CCCCCC1=Nc2cnc3ccccc3c2N(C(=O)CC)N1C(C)=O. The maximum absolute atomic E-state index is 12.8. The van der Waals surface area contributed by atoms with Crippen molar-refractivity contribution >= 4 is 39.9 Å². The number of hydrogen-bond acceptors (Lipinski definition) is 4. The van der Waals surface area contributed by atoms with Gasteiger partial charge in [-0.25, -0.2) is 10.0 Å².